The van der Waals surface area contributed by atoms with E-state index in [0.29, 0.717) is 6.07 Å². The zero-order valence-electron chi connectivity index (χ0n) is 6.53. The van der Waals surface area contributed by atoms with Crippen LogP contribution in [-0.4, -0.2) is 16.0 Å². The van der Waals surface area contributed by atoms with Crippen molar-refractivity contribution in [2.75, 3.05) is 0 Å². The molecule has 0 spiro atoms. The molecule has 0 bridgehead atoms. The Kier molecular flexibility index (Phi) is 2.66. The molecule has 74 valence electrons. The van der Waals surface area contributed by atoms with E-state index in [2.05, 4.69) is 0 Å². The number of halogens is 2. The van der Waals surface area contributed by atoms with Crippen molar-refractivity contribution in [2.45, 2.75) is 0 Å². The lowest BCUT2D eigenvalue weighted by Crippen LogP contribution is -2.00. The van der Waals surface area contributed by atoms with Gasteiger partial charge in [0.15, 0.2) is 0 Å². The maximum absolute atomic E-state index is 12.9. The van der Waals surface area contributed by atoms with Crippen LogP contribution in [0.5, 0.6) is 0 Å². The van der Waals surface area contributed by atoms with E-state index in [-0.39, 0.29) is 0 Å². The summed E-state index contributed by atoms with van der Waals surface area (Å²) in [5.74, 6) is -2.64. The number of hydrogen-bond donors (Lipinski definition) is 1. The van der Waals surface area contributed by atoms with Gasteiger partial charge in [0.25, 0.3) is 0 Å². The predicted molar refractivity (Wildman–Crippen MR) is 45.0 cm³/mol. The number of rotatable bonds is 2. The van der Waals surface area contributed by atoms with Gasteiger partial charge >= 0.3 is 11.7 Å². The molecule has 1 aromatic carbocycles. The molecule has 1 rings (SSSR count). The molecule has 0 heterocycles. The van der Waals surface area contributed by atoms with E-state index in [9.17, 15) is 19.3 Å². The molecule has 0 fully saturated rings. The van der Waals surface area contributed by atoms with Crippen molar-refractivity contribution < 1.29 is 19.2 Å². The second-order valence-electron chi connectivity index (χ2n) is 2.35. The number of carboxylic acids is 1. The highest BCUT2D eigenvalue weighted by Crippen LogP contribution is 2.26. The van der Waals surface area contributed by atoms with Crippen LogP contribution in [0, 0.1) is 15.9 Å². The topological polar surface area (TPSA) is 80.4 Å². The molecule has 0 aliphatic carbocycles. The first-order chi connectivity index (χ1) is 6.43. The van der Waals surface area contributed by atoms with Crippen LogP contribution in [0.1, 0.15) is 10.4 Å². The number of carboxylic acid groups (broad SMARTS) is 1. The quantitative estimate of drug-likeness (QED) is 0.610. The first-order valence-corrected chi connectivity index (χ1v) is 3.68. The van der Waals surface area contributed by atoms with Gasteiger partial charge in [-0.15, -0.1) is 0 Å². The molecule has 1 aromatic rings. The van der Waals surface area contributed by atoms with E-state index in [4.69, 9.17) is 16.7 Å². The van der Waals surface area contributed by atoms with Gasteiger partial charge < -0.3 is 5.11 Å². The van der Waals surface area contributed by atoms with Crippen molar-refractivity contribution in [3.63, 3.8) is 0 Å². The lowest BCUT2D eigenvalue weighted by Gasteiger charge is -1.98. The number of aromatic carboxylic acids is 1. The van der Waals surface area contributed by atoms with Gasteiger partial charge in [-0.3, -0.25) is 10.1 Å². The van der Waals surface area contributed by atoms with Gasteiger partial charge in [-0.25, -0.2) is 4.79 Å². The zero-order chi connectivity index (χ0) is 10.9. The Balaban J connectivity index is 3.43. The highest BCUT2D eigenvalue weighted by molar-refractivity contribution is 6.31. The summed E-state index contributed by atoms with van der Waals surface area (Å²) in [5, 5.41) is 18.2. The number of carbonyl (C=O) groups is 1. The highest BCUT2D eigenvalue weighted by Gasteiger charge is 2.20. The molecule has 0 amide bonds. The van der Waals surface area contributed by atoms with Crippen LogP contribution in [-0.2, 0) is 0 Å². The minimum atomic E-state index is -1.41. The Hall–Kier alpha value is -1.69. The molecule has 1 N–H and O–H groups in total. The predicted octanol–water partition coefficient (Wildman–Crippen LogP) is 2.09. The Morgan fingerprint density at radius 3 is 2.57 bits per heavy atom. The minimum absolute atomic E-state index is 0.428. The van der Waals surface area contributed by atoms with Gasteiger partial charge in [-0.2, -0.15) is 4.39 Å². The molecule has 0 radical (unpaired) electrons. The molecule has 0 unspecified atom stereocenters. The Morgan fingerprint density at radius 2 is 2.14 bits per heavy atom. The number of nitro benzene ring substituents is 1. The molecule has 14 heavy (non-hydrogen) atoms. The van der Waals surface area contributed by atoms with Crippen LogP contribution in [0.3, 0.4) is 0 Å². The van der Waals surface area contributed by atoms with Crippen LogP contribution in [0.15, 0.2) is 12.1 Å². The third kappa shape index (κ3) is 1.80. The third-order valence-corrected chi connectivity index (χ3v) is 1.73. The SMILES string of the molecule is O=C(O)c1cc(Cl)c(F)c([N+](=O)[O-])c1. The van der Waals surface area contributed by atoms with Crippen LogP contribution < -0.4 is 0 Å². The van der Waals surface area contributed by atoms with E-state index >= 15 is 0 Å². The maximum atomic E-state index is 12.9. The number of hydrogen-bond acceptors (Lipinski definition) is 3. The average Bonchev–Trinajstić information content (AvgIpc) is 2.08. The van der Waals surface area contributed by atoms with Gasteiger partial charge in [0.2, 0.25) is 5.82 Å². The van der Waals surface area contributed by atoms with Crippen molar-refractivity contribution in [3.8, 4) is 0 Å². The molecular formula is C7H3ClFNO4. The molecule has 0 atom stereocenters. The van der Waals surface area contributed by atoms with Gasteiger partial charge in [0, 0.05) is 6.07 Å². The largest absolute Gasteiger partial charge is 0.478 e. The summed E-state index contributed by atoms with van der Waals surface area (Å²) < 4.78 is 12.9. The van der Waals surface area contributed by atoms with Crippen molar-refractivity contribution in [1.82, 2.24) is 0 Å². The summed E-state index contributed by atoms with van der Waals surface area (Å²) >= 11 is 5.26. The maximum Gasteiger partial charge on any atom is 0.335 e. The van der Waals surface area contributed by atoms with E-state index in [1.807, 2.05) is 0 Å². The van der Waals surface area contributed by atoms with Gasteiger partial charge in [0.1, 0.15) is 0 Å². The van der Waals surface area contributed by atoms with Crippen LogP contribution in [0.25, 0.3) is 0 Å². The number of benzene rings is 1. The van der Waals surface area contributed by atoms with E-state index in [0.717, 1.165) is 6.07 Å². The molecule has 7 heteroatoms. The standard InChI is InChI=1S/C7H3ClFNO4/c8-4-1-3(7(11)12)2-5(6(4)9)10(13)14/h1-2H,(H,11,12). The Labute approximate surface area is 81.9 Å². The summed E-state index contributed by atoms with van der Waals surface area (Å²) in [5.41, 5.74) is -1.38. The fourth-order valence-corrected chi connectivity index (χ4v) is 1.05. The van der Waals surface area contributed by atoms with Crippen molar-refractivity contribution in [1.29, 1.82) is 0 Å². The third-order valence-electron chi connectivity index (χ3n) is 1.45. The van der Waals surface area contributed by atoms with Crippen LogP contribution in [0.4, 0.5) is 10.1 Å². The van der Waals surface area contributed by atoms with Gasteiger partial charge in [0.05, 0.1) is 15.5 Å². The molecule has 0 saturated carbocycles. The Bertz CT molecular complexity index is 420. The lowest BCUT2D eigenvalue weighted by molar-refractivity contribution is -0.387. The fraction of sp³-hybridized carbons (Fsp3) is 0. The molecule has 0 aliphatic rings. The summed E-state index contributed by atoms with van der Waals surface area (Å²) in [6.07, 6.45) is 0. The molecule has 0 aliphatic heterocycles. The van der Waals surface area contributed by atoms with Crippen molar-refractivity contribution in [3.05, 3.63) is 38.7 Å². The number of nitro groups is 1. The monoisotopic (exact) mass is 219 g/mol. The molecule has 0 saturated heterocycles. The number of nitrogens with zero attached hydrogens (tertiary/aromatic N) is 1. The smallest absolute Gasteiger partial charge is 0.335 e. The first kappa shape index (κ1) is 10.4. The van der Waals surface area contributed by atoms with Crippen LogP contribution >= 0.6 is 11.6 Å². The second kappa shape index (κ2) is 3.59. The molecule has 5 nitrogen and oxygen atoms in total. The summed E-state index contributed by atoms with van der Waals surface area (Å²) in [7, 11) is 0. The summed E-state index contributed by atoms with van der Waals surface area (Å²) in [6.45, 7) is 0. The first-order valence-electron chi connectivity index (χ1n) is 3.30. The molecule has 0 aromatic heterocycles. The fourth-order valence-electron chi connectivity index (χ4n) is 0.831. The zero-order valence-corrected chi connectivity index (χ0v) is 7.29. The van der Waals surface area contributed by atoms with E-state index < -0.39 is 33.0 Å². The highest BCUT2D eigenvalue weighted by atomic mass is 35.5. The summed E-state index contributed by atoms with van der Waals surface area (Å²) in [4.78, 5) is 19.7. The van der Waals surface area contributed by atoms with E-state index in [1.54, 1.807) is 0 Å². The van der Waals surface area contributed by atoms with Crippen molar-refractivity contribution in [2.24, 2.45) is 0 Å². The minimum Gasteiger partial charge on any atom is -0.478 e. The second-order valence-corrected chi connectivity index (χ2v) is 2.76. The average molecular weight is 220 g/mol. The van der Waals surface area contributed by atoms with E-state index in [1.165, 1.54) is 0 Å². The summed E-state index contributed by atoms with van der Waals surface area (Å²) in [6, 6.07) is 1.43. The van der Waals surface area contributed by atoms with Crippen molar-refractivity contribution >= 4 is 23.3 Å². The lowest BCUT2D eigenvalue weighted by atomic mass is 10.2. The normalized spacial score (nSPS) is 9.86. The Morgan fingerprint density at radius 1 is 1.57 bits per heavy atom. The van der Waals surface area contributed by atoms with Gasteiger partial charge in [-0.05, 0) is 6.07 Å². The molecular weight excluding hydrogens is 217 g/mol. The van der Waals surface area contributed by atoms with Gasteiger partial charge in [-0.1, -0.05) is 11.6 Å². The van der Waals surface area contributed by atoms with Crippen LogP contribution in [0.2, 0.25) is 5.02 Å².